The molecule has 0 fully saturated rings. The zero-order chi connectivity index (χ0) is 20.1. The number of hydrogen-bond acceptors (Lipinski definition) is 6. The Morgan fingerprint density at radius 1 is 1.11 bits per heavy atom. The van der Waals surface area contributed by atoms with Crippen molar-refractivity contribution in [2.45, 2.75) is 12.3 Å². The van der Waals surface area contributed by atoms with Crippen molar-refractivity contribution >= 4 is 5.82 Å². The van der Waals surface area contributed by atoms with Crippen LogP contribution in [-0.4, -0.2) is 33.7 Å². The molecule has 3 rings (SSSR count). The van der Waals surface area contributed by atoms with E-state index in [2.05, 4.69) is 20.3 Å². The quantitative estimate of drug-likeness (QED) is 0.668. The van der Waals surface area contributed by atoms with Crippen LogP contribution in [0.25, 0.3) is 11.4 Å². The van der Waals surface area contributed by atoms with Crippen LogP contribution in [0.15, 0.2) is 54.9 Å². The van der Waals surface area contributed by atoms with Crippen molar-refractivity contribution < 1.29 is 23.0 Å². The van der Waals surface area contributed by atoms with Gasteiger partial charge in [-0.3, -0.25) is 4.98 Å². The number of methoxy groups -OCH3 is 1. The van der Waals surface area contributed by atoms with Crippen LogP contribution >= 0.6 is 0 Å². The minimum atomic E-state index is -4.63. The molecule has 0 saturated heterocycles. The smallest absolute Gasteiger partial charge is 0.433 e. The van der Waals surface area contributed by atoms with Gasteiger partial charge in [-0.25, -0.2) is 9.97 Å². The zero-order valence-electron chi connectivity index (χ0n) is 14.8. The fourth-order valence-corrected chi connectivity index (χ4v) is 2.48. The Hall–Kier alpha value is -3.20. The number of aliphatic hydroxyl groups excluding tert-OH is 1. The van der Waals surface area contributed by atoms with E-state index in [-0.39, 0.29) is 18.2 Å². The molecular formula is C19H17F3N4O2. The summed E-state index contributed by atoms with van der Waals surface area (Å²) in [5, 5.41) is 13.1. The van der Waals surface area contributed by atoms with E-state index in [0.29, 0.717) is 16.9 Å². The number of rotatable bonds is 6. The summed E-state index contributed by atoms with van der Waals surface area (Å²) in [4.78, 5) is 11.6. The number of alkyl halides is 3. The van der Waals surface area contributed by atoms with Crippen LogP contribution < -0.4 is 10.1 Å². The average Bonchev–Trinajstić information content (AvgIpc) is 2.72. The summed E-state index contributed by atoms with van der Waals surface area (Å²) in [6, 6.07) is 10.6. The molecule has 0 saturated carbocycles. The molecule has 0 bridgehead atoms. The maximum atomic E-state index is 13.2. The first-order valence-corrected chi connectivity index (χ1v) is 8.29. The predicted molar refractivity (Wildman–Crippen MR) is 96.7 cm³/mol. The van der Waals surface area contributed by atoms with Crippen LogP contribution in [0.3, 0.4) is 0 Å². The molecule has 3 aromatic rings. The maximum Gasteiger partial charge on any atom is 0.433 e. The van der Waals surface area contributed by atoms with Crippen LogP contribution in [0, 0.1) is 0 Å². The molecule has 146 valence electrons. The summed E-state index contributed by atoms with van der Waals surface area (Å²) in [7, 11) is 1.50. The lowest BCUT2D eigenvalue weighted by Crippen LogP contribution is -2.16. The van der Waals surface area contributed by atoms with Crippen molar-refractivity contribution in [3.05, 3.63) is 66.1 Å². The van der Waals surface area contributed by atoms with E-state index in [9.17, 15) is 18.3 Å². The monoisotopic (exact) mass is 390 g/mol. The molecule has 28 heavy (non-hydrogen) atoms. The predicted octanol–water partition coefficient (Wildman–Crippen LogP) is 3.71. The first-order valence-electron chi connectivity index (χ1n) is 8.29. The topological polar surface area (TPSA) is 80.2 Å². The van der Waals surface area contributed by atoms with Crippen molar-refractivity contribution in [1.29, 1.82) is 0 Å². The Balaban J connectivity index is 1.84. The van der Waals surface area contributed by atoms with E-state index in [4.69, 9.17) is 4.74 Å². The molecule has 0 aliphatic carbocycles. The van der Waals surface area contributed by atoms with E-state index >= 15 is 0 Å². The van der Waals surface area contributed by atoms with Crippen molar-refractivity contribution in [1.82, 2.24) is 15.0 Å². The second-order valence-electron chi connectivity index (χ2n) is 5.87. The van der Waals surface area contributed by atoms with Crippen LogP contribution in [0.1, 0.15) is 17.4 Å². The third kappa shape index (κ3) is 4.74. The van der Waals surface area contributed by atoms with E-state index in [0.717, 1.165) is 6.07 Å². The summed E-state index contributed by atoms with van der Waals surface area (Å²) in [6.45, 7) is -0.0444. The van der Waals surface area contributed by atoms with Gasteiger partial charge in [0.2, 0.25) is 0 Å². The summed E-state index contributed by atoms with van der Waals surface area (Å²) < 4.78 is 44.8. The highest BCUT2D eigenvalue weighted by Crippen LogP contribution is 2.31. The number of anilines is 1. The highest BCUT2D eigenvalue weighted by atomic mass is 19.4. The molecular weight excluding hydrogens is 373 g/mol. The first kappa shape index (κ1) is 19.6. The lowest BCUT2D eigenvalue weighted by Gasteiger charge is -2.15. The lowest BCUT2D eigenvalue weighted by atomic mass is 10.1. The molecule has 6 nitrogen and oxygen atoms in total. The second kappa shape index (κ2) is 8.22. The van der Waals surface area contributed by atoms with Crippen molar-refractivity contribution in [3.63, 3.8) is 0 Å². The van der Waals surface area contributed by atoms with Gasteiger partial charge in [0.25, 0.3) is 0 Å². The fraction of sp³-hybridized carbons (Fsp3) is 0.211. The van der Waals surface area contributed by atoms with Crippen molar-refractivity contribution in [2.24, 2.45) is 0 Å². The van der Waals surface area contributed by atoms with Gasteiger partial charge < -0.3 is 15.2 Å². The molecule has 2 heterocycles. The minimum absolute atomic E-state index is 0.0444. The Kier molecular flexibility index (Phi) is 5.74. The molecule has 0 radical (unpaired) electrons. The summed E-state index contributed by atoms with van der Waals surface area (Å²) in [6.07, 6.45) is -2.71. The summed E-state index contributed by atoms with van der Waals surface area (Å²) >= 11 is 0. The molecule has 1 aromatic carbocycles. The fourth-order valence-electron chi connectivity index (χ4n) is 2.48. The molecule has 1 atom stereocenters. The number of nitrogens with one attached hydrogen (secondary N) is 1. The summed E-state index contributed by atoms with van der Waals surface area (Å²) in [5.41, 5.74) is -0.114. The van der Waals surface area contributed by atoms with Crippen LogP contribution in [0.4, 0.5) is 19.0 Å². The number of ether oxygens (including phenoxy) is 1. The summed E-state index contributed by atoms with van der Waals surface area (Å²) in [5.74, 6) is 0.435. The molecule has 0 aliphatic heterocycles. The van der Waals surface area contributed by atoms with Crippen LogP contribution in [0.2, 0.25) is 0 Å². The van der Waals surface area contributed by atoms with Gasteiger partial charge in [0.05, 0.1) is 13.2 Å². The number of halogens is 3. The maximum absolute atomic E-state index is 13.2. The molecule has 2 N–H and O–H groups in total. The van der Waals surface area contributed by atoms with Crippen LogP contribution in [-0.2, 0) is 6.18 Å². The molecule has 0 aliphatic rings. The SMILES string of the molecule is COc1cccc(C(O)CNc2cc(C(F)(F)F)nc(-c3ccncc3)n2)c1. The highest BCUT2D eigenvalue weighted by Gasteiger charge is 2.34. The van der Waals surface area contributed by atoms with Gasteiger partial charge in [0, 0.05) is 30.6 Å². The van der Waals surface area contributed by atoms with Crippen molar-refractivity contribution in [2.75, 3.05) is 19.0 Å². The minimum Gasteiger partial charge on any atom is -0.497 e. The van der Waals surface area contributed by atoms with Crippen LogP contribution in [0.5, 0.6) is 5.75 Å². The molecule has 0 amide bonds. The number of nitrogens with zero attached hydrogens (tertiary/aromatic N) is 3. The molecule has 1 unspecified atom stereocenters. The number of pyridine rings is 1. The van der Waals surface area contributed by atoms with Crippen molar-refractivity contribution in [3.8, 4) is 17.1 Å². The first-order chi connectivity index (χ1) is 13.4. The van der Waals surface area contributed by atoms with E-state index < -0.39 is 18.0 Å². The lowest BCUT2D eigenvalue weighted by molar-refractivity contribution is -0.141. The molecule has 0 spiro atoms. The van der Waals surface area contributed by atoms with Gasteiger partial charge in [0.1, 0.15) is 11.6 Å². The Labute approximate surface area is 159 Å². The van der Waals surface area contributed by atoms with Gasteiger partial charge in [-0.1, -0.05) is 12.1 Å². The Morgan fingerprint density at radius 2 is 1.86 bits per heavy atom. The standard InChI is InChI=1S/C19H17F3N4O2/c1-28-14-4-2-3-13(9-14)15(27)11-24-17-10-16(19(20,21)22)25-18(26-17)12-5-7-23-8-6-12/h2-10,15,27H,11H2,1H3,(H,24,25,26). The van der Waals surface area contributed by atoms with E-state index in [1.54, 1.807) is 24.3 Å². The van der Waals surface area contributed by atoms with E-state index in [1.165, 1.54) is 31.6 Å². The molecule has 2 aromatic heterocycles. The van der Waals surface area contributed by atoms with E-state index in [1.807, 2.05) is 0 Å². The second-order valence-corrected chi connectivity index (χ2v) is 5.87. The van der Waals surface area contributed by atoms with Gasteiger partial charge in [-0.15, -0.1) is 0 Å². The highest BCUT2D eigenvalue weighted by molar-refractivity contribution is 5.57. The van der Waals surface area contributed by atoms with Gasteiger partial charge in [-0.2, -0.15) is 13.2 Å². The number of aliphatic hydroxyl groups is 1. The Bertz CT molecular complexity index is 936. The Morgan fingerprint density at radius 3 is 2.54 bits per heavy atom. The number of benzene rings is 1. The third-order valence-electron chi connectivity index (χ3n) is 3.91. The van der Waals surface area contributed by atoms with Gasteiger partial charge in [-0.05, 0) is 29.8 Å². The molecule has 9 heteroatoms. The average molecular weight is 390 g/mol. The van der Waals surface area contributed by atoms with Gasteiger partial charge >= 0.3 is 6.18 Å². The largest absolute Gasteiger partial charge is 0.497 e. The number of hydrogen-bond donors (Lipinski definition) is 2. The van der Waals surface area contributed by atoms with Gasteiger partial charge in [0.15, 0.2) is 11.5 Å². The third-order valence-corrected chi connectivity index (χ3v) is 3.91. The normalized spacial score (nSPS) is 12.5. The number of aromatic nitrogens is 3. The zero-order valence-corrected chi connectivity index (χ0v) is 14.8.